The predicted octanol–water partition coefficient (Wildman–Crippen LogP) is 1.11. The lowest BCUT2D eigenvalue weighted by Crippen LogP contribution is -2.63. The Balaban J connectivity index is 2.20. The van der Waals surface area contributed by atoms with Crippen molar-refractivity contribution in [1.29, 1.82) is 0 Å². The Labute approximate surface area is 104 Å². The molecule has 1 N–H and O–H groups in total. The first-order chi connectivity index (χ1) is 7.95. The molecular weight excluding hydrogens is 238 g/mol. The third-order valence-electron chi connectivity index (χ3n) is 4.19. The Kier molecular flexibility index (Phi) is 3.54. The van der Waals surface area contributed by atoms with Crippen molar-refractivity contribution in [2.45, 2.75) is 50.7 Å². The van der Waals surface area contributed by atoms with E-state index in [9.17, 15) is 8.42 Å². The van der Waals surface area contributed by atoms with Gasteiger partial charge in [-0.25, -0.2) is 8.42 Å². The summed E-state index contributed by atoms with van der Waals surface area (Å²) in [6.07, 6.45) is 3.45. The summed E-state index contributed by atoms with van der Waals surface area (Å²) in [5.41, 5.74) is -0.646. The zero-order valence-electron chi connectivity index (χ0n) is 10.8. The largest absolute Gasteiger partial charge is 0.365 e. The fourth-order valence-corrected chi connectivity index (χ4v) is 4.91. The van der Waals surface area contributed by atoms with Gasteiger partial charge in [0.1, 0.15) is 0 Å². The molecule has 5 heteroatoms. The Hall–Kier alpha value is -0.130. The van der Waals surface area contributed by atoms with Crippen molar-refractivity contribution in [3.8, 4) is 0 Å². The average Bonchev–Trinajstić information content (AvgIpc) is 2.27. The van der Waals surface area contributed by atoms with Crippen LogP contribution >= 0.6 is 0 Å². The summed E-state index contributed by atoms with van der Waals surface area (Å²) < 4.78 is 29.9. The van der Waals surface area contributed by atoms with Gasteiger partial charge in [-0.1, -0.05) is 13.8 Å². The SMILES string of the molecule is CCC1(CC)CNCC2(CCCS(=O)(=O)C2)O1. The van der Waals surface area contributed by atoms with Crippen LogP contribution < -0.4 is 5.32 Å². The zero-order valence-corrected chi connectivity index (χ0v) is 11.6. The van der Waals surface area contributed by atoms with Gasteiger partial charge in [0.25, 0.3) is 0 Å². The van der Waals surface area contributed by atoms with Gasteiger partial charge in [0.05, 0.1) is 22.7 Å². The van der Waals surface area contributed by atoms with Gasteiger partial charge in [-0.3, -0.25) is 0 Å². The van der Waals surface area contributed by atoms with Crippen LogP contribution in [-0.4, -0.2) is 44.2 Å². The van der Waals surface area contributed by atoms with Crippen LogP contribution in [0.2, 0.25) is 0 Å². The molecule has 2 rings (SSSR count). The van der Waals surface area contributed by atoms with E-state index in [4.69, 9.17) is 4.74 Å². The highest BCUT2D eigenvalue weighted by Gasteiger charge is 2.47. The molecule has 2 aliphatic rings. The minimum absolute atomic E-state index is 0.175. The van der Waals surface area contributed by atoms with Gasteiger partial charge in [-0.05, 0) is 25.7 Å². The first-order valence-corrected chi connectivity index (χ1v) is 8.38. The standard InChI is InChI=1S/C12H23NO3S/c1-3-11(4-2)8-13-9-12(16-11)6-5-7-17(14,15)10-12/h13H,3-10H2,1-2H3. The monoisotopic (exact) mass is 261 g/mol. The van der Waals surface area contributed by atoms with Crippen LogP contribution in [0.15, 0.2) is 0 Å². The maximum Gasteiger partial charge on any atom is 0.153 e. The van der Waals surface area contributed by atoms with Crippen molar-refractivity contribution >= 4 is 9.84 Å². The highest BCUT2D eigenvalue weighted by molar-refractivity contribution is 7.91. The Morgan fingerprint density at radius 2 is 1.94 bits per heavy atom. The summed E-state index contributed by atoms with van der Waals surface area (Å²) in [6.45, 7) is 5.73. The van der Waals surface area contributed by atoms with Crippen molar-refractivity contribution in [2.24, 2.45) is 0 Å². The van der Waals surface area contributed by atoms with E-state index in [-0.39, 0.29) is 11.4 Å². The molecule has 4 nitrogen and oxygen atoms in total. The highest BCUT2D eigenvalue weighted by atomic mass is 32.2. The van der Waals surface area contributed by atoms with Crippen LogP contribution in [-0.2, 0) is 14.6 Å². The summed E-state index contributed by atoms with van der Waals surface area (Å²) in [5.74, 6) is 0.512. The summed E-state index contributed by atoms with van der Waals surface area (Å²) in [5, 5.41) is 3.39. The first kappa shape index (κ1) is 13.3. The summed E-state index contributed by atoms with van der Waals surface area (Å²) in [7, 11) is -2.92. The second-order valence-electron chi connectivity index (χ2n) is 5.47. The normalized spacial score (nSPS) is 35.9. The van der Waals surface area contributed by atoms with E-state index in [1.807, 2.05) is 0 Å². The van der Waals surface area contributed by atoms with E-state index in [0.29, 0.717) is 12.3 Å². The molecule has 0 aromatic rings. The Morgan fingerprint density at radius 3 is 2.53 bits per heavy atom. The molecule has 2 heterocycles. The molecule has 1 atom stereocenters. The number of nitrogens with one attached hydrogen (secondary N) is 1. The van der Waals surface area contributed by atoms with Gasteiger partial charge < -0.3 is 10.1 Å². The fraction of sp³-hybridized carbons (Fsp3) is 1.00. The second kappa shape index (κ2) is 4.52. The van der Waals surface area contributed by atoms with Gasteiger partial charge >= 0.3 is 0 Å². The molecule has 0 saturated carbocycles. The van der Waals surface area contributed by atoms with E-state index in [1.165, 1.54) is 0 Å². The van der Waals surface area contributed by atoms with Gasteiger partial charge in [0.2, 0.25) is 0 Å². The Bertz CT molecular complexity index is 371. The third-order valence-corrected chi connectivity index (χ3v) is 6.06. The molecule has 0 bridgehead atoms. The van der Waals surface area contributed by atoms with E-state index in [2.05, 4.69) is 19.2 Å². The molecule has 1 spiro atoms. The topological polar surface area (TPSA) is 55.4 Å². The molecule has 0 radical (unpaired) electrons. The van der Waals surface area contributed by atoms with Crippen molar-refractivity contribution in [3.05, 3.63) is 0 Å². The molecule has 100 valence electrons. The number of ether oxygens (including phenoxy) is 1. The Morgan fingerprint density at radius 1 is 1.24 bits per heavy atom. The lowest BCUT2D eigenvalue weighted by atomic mass is 9.89. The molecule has 1 unspecified atom stereocenters. The average molecular weight is 261 g/mol. The molecule has 17 heavy (non-hydrogen) atoms. The molecule has 0 aromatic carbocycles. The van der Waals surface area contributed by atoms with Crippen molar-refractivity contribution in [2.75, 3.05) is 24.6 Å². The second-order valence-corrected chi connectivity index (χ2v) is 7.66. The summed E-state index contributed by atoms with van der Waals surface area (Å²) in [6, 6.07) is 0. The van der Waals surface area contributed by atoms with E-state index >= 15 is 0 Å². The lowest BCUT2D eigenvalue weighted by molar-refractivity contribution is -0.175. The molecule has 0 amide bonds. The molecule has 0 aliphatic carbocycles. The number of hydrogen-bond acceptors (Lipinski definition) is 4. The van der Waals surface area contributed by atoms with E-state index < -0.39 is 15.4 Å². The number of rotatable bonds is 2. The quantitative estimate of drug-likeness (QED) is 0.809. The zero-order chi connectivity index (χ0) is 12.6. The van der Waals surface area contributed by atoms with Crippen LogP contribution in [0.25, 0.3) is 0 Å². The van der Waals surface area contributed by atoms with Crippen molar-refractivity contribution < 1.29 is 13.2 Å². The maximum absolute atomic E-state index is 11.8. The minimum atomic E-state index is -2.92. The smallest absolute Gasteiger partial charge is 0.153 e. The van der Waals surface area contributed by atoms with E-state index in [0.717, 1.165) is 32.2 Å². The van der Waals surface area contributed by atoms with Crippen LogP contribution in [0.3, 0.4) is 0 Å². The van der Waals surface area contributed by atoms with Gasteiger partial charge in [0.15, 0.2) is 9.84 Å². The van der Waals surface area contributed by atoms with Gasteiger partial charge in [-0.15, -0.1) is 0 Å². The van der Waals surface area contributed by atoms with Crippen LogP contribution in [0.4, 0.5) is 0 Å². The van der Waals surface area contributed by atoms with Crippen LogP contribution in [0.5, 0.6) is 0 Å². The minimum Gasteiger partial charge on any atom is -0.365 e. The molecular formula is C12H23NO3S. The first-order valence-electron chi connectivity index (χ1n) is 6.56. The van der Waals surface area contributed by atoms with Gasteiger partial charge in [0, 0.05) is 13.1 Å². The molecule has 2 aliphatic heterocycles. The van der Waals surface area contributed by atoms with Crippen LogP contribution in [0.1, 0.15) is 39.5 Å². The number of sulfone groups is 1. The summed E-state index contributed by atoms with van der Waals surface area (Å²) in [4.78, 5) is 0. The lowest BCUT2D eigenvalue weighted by Gasteiger charge is -2.49. The van der Waals surface area contributed by atoms with Crippen molar-refractivity contribution in [3.63, 3.8) is 0 Å². The van der Waals surface area contributed by atoms with Gasteiger partial charge in [-0.2, -0.15) is 0 Å². The third kappa shape index (κ3) is 2.66. The number of morpholine rings is 1. The predicted molar refractivity (Wildman–Crippen MR) is 67.9 cm³/mol. The van der Waals surface area contributed by atoms with E-state index in [1.54, 1.807) is 0 Å². The molecule has 2 saturated heterocycles. The summed E-state index contributed by atoms with van der Waals surface area (Å²) >= 11 is 0. The maximum atomic E-state index is 11.8. The molecule has 2 fully saturated rings. The molecule has 0 aromatic heterocycles. The number of hydrogen-bond donors (Lipinski definition) is 1. The van der Waals surface area contributed by atoms with Crippen molar-refractivity contribution in [1.82, 2.24) is 5.32 Å². The fourth-order valence-electron chi connectivity index (χ4n) is 3.07. The highest BCUT2D eigenvalue weighted by Crippen LogP contribution is 2.36. The van der Waals surface area contributed by atoms with Crippen LogP contribution in [0, 0.1) is 0 Å².